The van der Waals surface area contributed by atoms with Crippen LogP contribution in [0.4, 0.5) is 5.13 Å². The van der Waals surface area contributed by atoms with Crippen LogP contribution in [0.5, 0.6) is 0 Å². The van der Waals surface area contributed by atoms with Crippen molar-refractivity contribution in [2.24, 2.45) is 0 Å². The summed E-state index contributed by atoms with van der Waals surface area (Å²) in [7, 11) is 0. The van der Waals surface area contributed by atoms with Crippen molar-refractivity contribution in [3.63, 3.8) is 0 Å². The molecule has 0 aliphatic rings. The standard InChI is InChI=1S/C9H14N2O2S/c1-3-7(2)11(6-8(12)13)9-10-4-5-14-9/h4-5,7H,3,6H2,1-2H3,(H,12,13). The first-order chi connectivity index (χ1) is 6.65. The molecule has 1 aromatic rings. The summed E-state index contributed by atoms with van der Waals surface area (Å²) in [6.07, 6.45) is 2.60. The van der Waals surface area contributed by atoms with Gasteiger partial charge in [0.1, 0.15) is 6.54 Å². The van der Waals surface area contributed by atoms with Gasteiger partial charge in [0.05, 0.1) is 0 Å². The SMILES string of the molecule is CCC(C)N(CC(=O)O)c1nccs1. The van der Waals surface area contributed by atoms with E-state index in [1.54, 1.807) is 6.20 Å². The Morgan fingerprint density at radius 1 is 1.79 bits per heavy atom. The molecule has 0 aliphatic carbocycles. The largest absolute Gasteiger partial charge is 0.480 e. The molecule has 0 amide bonds. The molecule has 78 valence electrons. The second kappa shape index (κ2) is 4.95. The number of nitrogens with zero attached hydrogens (tertiary/aromatic N) is 2. The van der Waals surface area contributed by atoms with Crippen LogP contribution in [0, 0.1) is 0 Å². The molecule has 0 saturated carbocycles. The van der Waals surface area contributed by atoms with Crippen LogP contribution >= 0.6 is 11.3 Å². The quantitative estimate of drug-likeness (QED) is 0.812. The van der Waals surface area contributed by atoms with Crippen molar-refractivity contribution < 1.29 is 9.90 Å². The van der Waals surface area contributed by atoms with Gasteiger partial charge in [-0.3, -0.25) is 4.79 Å². The average Bonchev–Trinajstić information content (AvgIpc) is 2.65. The lowest BCUT2D eigenvalue weighted by Gasteiger charge is -2.25. The predicted octanol–water partition coefficient (Wildman–Crippen LogP) is 1.83. The number of hydrogen-bond acceptors (Lipinski definition) is 4. The van der Waals surface area contributed by atoms with Gasteiger partial charge < -0.3 is 10.0 Å². The fraction of sp³-hybridized carbons (Fsp3) is 0.556. The van der Waals surface area contributed by atoms with Crippen LogP contribution in [0.1, 0.15) is 20.3 Å². The summed E-state index contributed by atoms with van der Waals surface area (Å²) in [6, 6.07) is 0.206. The minimum absolute atomic E-state index is 0.0164. The Bertz CT molecular complexity index is 287. The third-order valence-electron chi connectivity index (χ3n) is 2.09. The van der Waals surface area contributed by atoms with E-state index < -0.39 is 5.97 Å². The van der Waals surface area contributed by atoms with Crippen LogP contribution in [-0.4, -0.2) is 28.6 Å². The molecule has 0 aromatic carbocycles. The normalized spacial score (nSPS) is 12.4. The maximum atomic E-state index is 10.7. The lowest BCUT2D eigenvalue weighted by atomic mass is 10.2. The van der Waals surface area contributed by atoms with Crippen molar-refractivity contribution in [3.8, 4) is 0 Å². The highest BCUT2D eigenvalue weighted by molar-refractivity contribution is 7.13. The average molecular weight is 214 g/mol. The van der Waals surface area contributed by atoms with Gasteiger partial charge in [0.25, 0.3) is 0 Å². The molecule has 14 heavy (non-hydrogen) atoms. The molecule has 4 nitrogen and oxygen atoms in total. The maximum Gasteiger partial charge on any atom is 0.323 e. The number of carbonyl (C=O) groups is 1. The summed E-state index contributed by atoms with van der Waals surface area (Å²) in [6.45, 7) is 4.06. The van der Waals surface area contributed by atoms with Crippen LogP contribution < -0.4 is 4.90 Å². The van der Waals surface area contributed by atoms with Crippen LogP contribution in [0.25, 0.3) is 0 Å². The molecule has 0 fully saturated rings. The van der Waals surface area contributed by atoms with Crippen molar-refractivity contribution >= 4 is 22.4 Å². The van der Waals surface area contributed by atoms with Gasteiger partial charge in [-0.05, 0) is 13.3 Å². The molecule has 1 atom stereocenters. The van der Waals surface area contributed by atoms with E-state index in [0.717, 1.165) is 11.6 Å². The van der Waals surface area contributed by atoms with Crippen LogP contribution in [0.3, 0.4) is 0 Å². The van der Waals surface area contributed by atoms with Crippen molar-refractivity contribution in [2.45, 2.75) is 26.3 Å². The van der Waals surface area contributed by atoms with Gasteiger partial charge in [0, 0.05) is 17.6 Å². The van der Waals surface area contributed by atoms with Crippen LogP contribution in [-0.2, 0) is 4.79 Å². The number of anilines is 1. The molecule has 1 rings (SSSR count). The molecule has 0 aliphatic heterocycles. The summed E-state index contributed by atoms with van der Waals surface area (Å²) >= 11 is 1.47. The number of aliphatic carboxylic acids is 1. The first-order valence-corrected chi connectivity index (χ1v) is 5.41. The summed E-state index contributed by atoms with van der Waals surface area (Å²) < 4.78 is 0. The lowest BCUT2D eigenvalue weighted by Crippen LogP contribution is -2.36. The highest BCUT2D eigenvalue weighted by Crippen LogP contribution is 2.20. The lowest BCUT2D eigenvalue weighted by molar-refractivity contribution is -0.135. The van der Waals surface area contributed by atoms with E-state index in [9.17, 15) is 4.79 Å². The van der Waals surface area contributed by atoms with E-state index in [1.165, 1.54) is 11.3 Å². The molecule has 1 heterocycles. The third-order valence-corrected chi connectivity index (χ3v) is 2.90. The second-order valence-electron chi connectivity index (χ2n) is 3.09. The molecule has 5 heteroatoms. The summed E-state index contributed by atoms with van der Waals surface area (Å²) in [5, 5.41) is 11.4. The van der Waals surface area contributed by atoms with Gasteiger partial charge >= 0.3 is 5.97 Å². The van der Waals surface area contributed by atoms with E-state index in [4.69, 9.17) is 5.11 Å². The van der Waals surface area contributed by atoms with Crippen LogP contribution in [0.15, 0.2) is 11.6 Å². The zero-order valence-electron chi connectivity index (χ0n) is 8.30. The summed E-state index contributed by atoms with van der Waals surface area (Å²) in [5.74, 6) is -0.819. The maximum absolute atomic E-state index is 10.7. The number of rotatable bonds is 5. The van der Waals surface area contributed by atoms with Gasteiger partial charge in [0.15, 0.2) is 5.13 Å². The smallest absolute Gasteiger partial charge is 0.323 e. The fourth-order valence-electron chi connectivity index (χ4n) is 1.14. The molecular weight excluding hydrogens is 200 g/mol. The molecule has 1 unspecified atom stereocenters. The van der Waals surface area contributed by atoms with E-state index in [-0.39, 0.29) is 12.6 Å². The molecule has 1 N–H and O–H groups in total. The number of aromatic nitrogens is 1. The summed E-state index contributed by atoms with van der Waals surface area (Å²) in [5.41, 5.74) is 0. The molecule has 0 bridgehead atoms. The first-order valence-electron chi connectivity index (χ1n) is 4.53. The number of hydrogen-bond donors (Lipinski definition) is 1. The fourth-order valence-corrected chi connectivity index (χ4v) is 1.88. The Morgan fingerprint density at radius 3 is 2.93 bits per heavy atom. The Labute approximate surface area is 87.2 Å². The molecular formula is C9H14N2O2S. The van der Waals surface area contributed by atoms with Crippen molar-refractivity contribution in [3.05, 3.63) is 11.6 Å². The van der Waals surface area contributed by atoms with Crippen molar-refractivity contribution in [1.82, 2.24) is 4.98 Å². The first kappa shape index (κ1) is 11.0. The topological polar surface area (TPSA) is 53.4 Å². The van der Waals surface area contributed by atoms with E-state index in [1.807, 2.05) is 24.1 Å². The van der Waals surface area contributed by atoms with Gasteiger partial charge in [-0.25, -0.2) is 4.98 Å². The molecule has 0 saturated heterocycles. The van der Waals surface area contributed by atoms with Crippen LogP contribution in [0.2, 0.25) is 0 Å². The Hall–Kier alpha value is -1.10. The molecule has 0 radical (unpaired) electrons. The Kier molecular flexibility index (Phi) is 3.88. The minimum atomic E-state index is -0.819. The second-order valence-corrected chi connectivity index (χ2v) is 3.97. The van der Waals surface area contributed by atoms with Gasteiger partial charge in [0.2, 0.25) is 0 Å². The predicted molar refractivity (Wildman–Crippen MR) is 56.8 cm³/mol. The monoisotopic (exact) mass is 214 g/mol. The van der Waals surface area contributed by atoms with Crippen molar-refractivity contribution in [2.75, 3.05) is 11.4 Å². The van der Waals surface area contributed by atoms with E-state index >= 15 is 0 Å². The zero-order chi connectivity index (χ0) is 10.6. The molecule has 1 aromatic heterocycles. The Morgan fingerprint density at radius 2 is 2.50 bits per heavy atom. The van der Waals surface area contributed by atoms with Gasteiger partial charge in [-0.15, -0.1) is 11.3 Å². The van der Waals surface area contributed by atoms with E-state index in [2.05, 4.69) is 4.98 Å². The number of thiazole rings is 1. The summed E-state index contributed by atoms with van der Waals surface area (Å²) in [4.78, 5) is 16.6. The van der Waals surface area contributed by atoms with Gasteiger partial charge in [-0.1, -0.05) is 6.92 Å². The van der Waals surface area contributed by atoms with E-state index in [0.29, 0.717) is 0 Å². The number of carboxylic acid groups (broad SMARTS) is 1. The number of carboxylic acids is 1. The van der Waals surface area contributed by atoms with Gasteiger partial charge in [-0.2, -0.15) is 0 Å². The van der Waals surface area contributed by atoms with Crippen molar-refractivity contribution in [1.29, 1.82) is 0 Å². The highest BCUT2D eigenvalue weighted by atomic mass is 32.1. The minimum Gasteiger partial charge on any atom is -0.480 e. The molecule has 0 spiro atoms. The zero-order valence-corrected chi connectivity index (χ0v) is 9.12. The Balaban J connectivity index is 2.77. The highest BCUT2D eigenvalue weighted by Gasteiger charge is 2.17. The third kappa shape index (κ3) is 2.70.